The van der Waals surface area contributed by atoms with Crippen molar-refractivity contribution in [1.82, 2.24) is 5.32 Å². The molecule has 1 aliphatic rings. The maximum Gasteiger partial charge on any atom is 0.232 e. The van der Waals surface area contributed by atoms with Crippen LogP contribution in [0, 0.1) is 5.92 Å². The molecule has 2 unspecified atom stereocenters. The summed E-state index contributed by atoms with van der Waals surface area (Å²) in [6.45, 7) is 7.74. The minimum atomic E-state index is -0.798. The number of nitrogens with two attached hydrogens (primary N) is 1. The van der Waals surface area contributed by atoms with Gasteiger partial charge in [0, 0.05) is 6.04 Å². The Morgan fingerprint density at radius 2 is 1.40 bits per heavy atom. The molecule has 35 heavy (non-hydrogen) atoms. The van der Waals surface area contributed by atoms with Gasteiger partial charge >= 0.3 is 0 Å². The van der Waals surface area contributed by atoms with Crippen LogP contribution in [0.25, 0.3) is 0 Å². The van der Waals surface area contributed by atoms with E-state index in [9.17, 15) is 4.79 Å². The maximum absolute atomic E-state index is 13.2. The van der Waals surface area contributed by atoms with Crippen molar-refractivity contribution in [3.05, 3.63) is 107 Å². The van der Waals surface area contributed by atoms with Crippen LogP contribution in [0.2, 0.25) is 0 Å². The Hall–Kier alpha value is -2.91. The van der Waals surface area contributed by atoms with Gasteiger partial charge in [-0.05, 0) is 72.2 Å². The Bertz CT molecular complexity index is 1040. The largest absolute Gasteiger partial charge is 0.369 e. The molecule has 0 heterocycles. The first-order valence-electron chi connectivity index (χ1n) is 13.1. The first-order valence-corrected chi connectivity index (χ1v) is 13.1. The Balaban J connectivity index is 1.41. The van der Waals surface area contributed by atoms with Gasteiger partial charge in [-0.2, -0.15) is 0 Å². The third kappa shape index (κ3) is 5.51. The number of primary amides is 1. The molecule has 0 aliphatic heterocycles. The van der Waals surface area contributed by atoms with Gasteiger partial charge in [-0.15, -0.1) is 0 Å². The fourth-order valence-corrected chi connectivity index (χ4v) is 5.86. The van der Waals surface area contributed by atoms with Crippen LogP contribution in [0.4, 0.5) is 0 Å². The van der Waals surface area contributed by atoms with Crippen LogP contribution in [0.3, 0.4) is 0 Å². The molecular formula is C32H40N2O. The average Bonchev–Trinajstić information content (AvgIpc) is 3.32. The number of aryl methyl sites for hydroxylation is 1. The second-order valence-electron chi connectivity index (χ2n) is 11.1. The van der Waals surface area contributed by atoms with Gasteiger partial charge in [-0.3, -0.25) is 4.79 Å². The molecule has 0 spiro atoms. The topological polar surface area (TPSA) is 55.1 Å². The third-order valence-corrected chi connectivity index (χ3v) is 7.79. The van der Waals surface area contributed by atoms with E-state index in [0.29, 0.717) is 6.04 Å². The van der Waals surface area contributed by atoms with E-state index in [-0.39, 0.29) is 17.2 Å². The van der Waals surface area contributed by atoms with E-state index in [4.69, 9.17) is 5.73 Å². The molecule has 1 amide bonds. The normalized spacial score (nSPS) is 18.5. The Labute approximate surface area is 211 Å². The molecule has 3 heteroatoms. The molecule has 3 N–H and O–H groups in total. The van der Waals surface area contributed by atoms with E-state index >= 15 is 0 Å². The van der Waals surface area contributed by atoms with E-state index < -0.39 is 5.41 Å². The van der Waals surface area contributed by atoms with Crippen LogP contribution >= 0.6 is 0 Å². The summed E-state index contributed by atoms with van der Waals surface area (Å²) in [4.78, 5) is 13.2. The summed E-state index contributed by atoms with van der Waals surface area (Å²) < 4.78 is 0. The van der Waals surface area contributed by atoms with Crippen LogP contribution in [-0.2, 0) is 22.0 Å². The highest BCUT2D eigenvalue weighted by Gasteiger charge is 2.49. The van der Waals surface area contributed by atoms with Gasteiger partial charge in [0.25, 0.3) is 0 Å². The monoisotopic (exact) mass is 468 g/mol. The van der Waals surface area contributed by atoms with Crippen molar-refractivity contribution in [2.75, 3.05) is 6.54 Å². The number of carbonyl (C=O) groups excluding carboxylic acids is 1. The zero-order chi connectivity index (χ0) is 24.9. The molecule has 4 rings (SSSR count). The molecule has 184 valence electrons. The third-order valence-electron chi connectivity index (χ3n) is 7.79. The highest BCUT2D eigenvalue weighted by Crippen LogP contribution is 2.46. The lowest BCUT2D eigenvalue weighted by Crippen LogP contribution is -2.48. The zero-order valence-corrected chi connectivity index (χ0v) is 21.5. The molecule has 0 radical (unpaired) electrons. The zero-order valence-electron chi connectivity index (χ0n) is 21.5. The maximum atomic E-state index is 13.2. The lowest BCUT2D eigenvalue weighted by Gasteiger charge is -2.37. The highest BCUT2D eigenvalue weighted by molar-refractivity contribution is 5.91. The summed E-state index contributed by atoms with van der Waals surface area (Å²) in [5.41, 5.74) is 10.4. The first-order chi connectivity index (χ1) is 16.8. The summed E-state index contributed by atoms with van der Waals surface area (Å²) in [5.74, 6) is -0.0773. The number of amides is 1. The van der Waals surface area contributed by atoms with Crippen LogP contribution in [0.1, 0.15) is 68.7 Å². The molecule has 0 bridgehead atoms. The molecule has 1 fully saturated rings. The van der Waals surface area contributed by atoms with Gasteiger partial charge < -0.3 is 11.1 Å². The van der Waals surface area contributed by atoms with Crippen molar-refractivity contribution in [3.63, 3.8) is 0 Å². The number of rotatable bonds is 9. The van der Waals surface area contributed by atoms with Crippen LogP contribution in [0.5, 0.6) is 0 Å². The number of nitrogens with one attached hydrogen (secondary N) is 1. The molecule has 3 aromatic carbocycles. The Morgan fingerprint density at radius 1 is 0.829 bits per heavy atom. The molecule has 3 nitrogen and oxygen atoms in total. The van der Waals surface area contributed by atoms with E-state index in [0.717, 1.165) is 49.8 Å². The Kier molecular flexibility index (Phi) is 7.76. The lowest BCUT2D eigenvalue weighted by atomic mass is 9.64. The van der Waals surface area contributed by atoms with E-state index in [1.54, 1.807) is 0 Å². The van der Waals surface area contributed by atoms with Gasteiger partial charge in [0.05, 0.1) is 0 Å². The summed E-state index contributed by atoms with van der Waals surface area (Å²) in [6, 6.07) is 29.7. The molecule has 0 aromatic heterocycles. The summed E-state index contributed by atoms with van der Waals surface area (Å²) in [7, 11) is 0. The lowest BCUT2D eigenvalue weighted by molar-refractivity contribution is -0.123. The SMILES string of the molecule is CC(C)(C)c1ccc(CCCNC2CCC(C(C(N)=O)(c3ccccc3)c3ccccc3)C2)cc1. The minimum absolute atomic E-state index is 0.173. The predicted molar refractivity (Wildman–Crippen MR) is 145 cm³/mol. The number of benzene rings is 3. The molecular weight excluding hydrogens is 428 g/mol. The van der Waals surface area contributed by atoms with E-state index in [1.807, 2.05) is 36.4 Å². The van der Waals surface area contributed by atoms with Crippen molar-refractivity contribution >= 4 is 5.91 Å². The minimum Gasteiger partial charge on any atom is -0.369 e. The fraction of sp³-hybridized carbons (Fsp3) is 0.406. The second kappa shape index (κ2) is 10.8. The molecule has 0 saturated heterocycles. The van der Waals surface area contributed by atoms with Crippen LogP contribution in [0.15, 0.2) is 84.9 Å². The van der Waals surface area contributed by atoms with E-state index in [2.05, 4.69) is 74.6 Å². The second-order valence-corrected chi connectivity index (χ2v) is 11.1. The standard InChI is InChI=1S/C32H40N2O/c1-31(2,3)25-18-16-24(17-19-25)11-10-22-34-29-21-20-28(23-29)32(30(33)35,26-12-6-4-7-13-26)27-14-8-5-9-15-27/h4-9,12-19,28-29,34H,10-11,20-23H2,1-3H3,(H2,33,35). The van der Waals surface area contributed by atoms with Gasteiger partial charge in [-0.1, -0.05) is 106 Å². The highest BCUT2D eigenvalue weighted by atomic mass is 16.1. The summed E-state index contributed by atoms with van der Waals surface area (Å²) >= 11 is 0. The number of hydrogen-bond donors (Lipinski definition) is 2. The quantitative estimate of drug-likeness (QED) is 0.370. The predicted octanol–water partition coefficient (Wildman–Crippen LogP) is 6.15. The Morgan fingerprint density at radius 3 is 1.91 bits per heavy atom. The van der Waals surface area contributed by atoms with Crippen molar-refractivity contribution in [2.24, 2.45) is 11.7 Å². The average molecular weight is 469 g/mol. The smallest absolute Gasteiger partial charge is 0.232 e. The van der Waals surface area contributed by atoms with Crippen LogP contribution < -0.4 is 11.1 Å². The number of carbonyl (C=O) groups is 1. The van der Waals surface area contributed by atoms with Crippen LogP contribution in [-0.4, -0.2) is 18.5 Å². The summed E-state index contributed by atoms with van der Waals surface area (Å²) in [5, 5.41) is 3.78. The van der Waals surface area contributed by atoms with Crippen molar-refractivity contribution < 1.29 is 4.79 Å². The first kappa shape index (κ1) is 25.2. The fourth-order valence-electron chi connectivity index (χ4n) is 5.86. The molecule has 3 aromatic rings. The van der Waals surface area contributed by atoms with Gasteiger partial charge in [0.2, 0.25) is 5.91 Å². The van der Waals surface area contributed by atoms with Crippen molar-refractivity contribution in [1.29, 1.82) is 0 Å². The molecule has 1 aliphatic carbocycles. The summed E-state index contributed by atoms with van der Waals surface area (Å²) in [6.07, 6.45) is 5.19. The van der Waals surface area contributed by atoms with Crippen molar-refractivity contribution in [2.45, 2.75) is 69.7 Å². The van der Waals surface area contributed by atoms with Gasteiger partial charge in [0.1, 0.15) is 5.41 Å². The number of hydrogen-bond acceptors (Lipinski definition) is 2. The van der Waals surface area contributed by atoms with E-state index in [1.165, 1.54) is 11.1 Å². The van der Waals surface area contributed by atoms with Crippen molar-refractivity contribution in [3.8, 4) is 0 Å². The molecule has 1 saturated carbocycles. The van der Waals surface area contributed by atoms with Gasteiger partial charge in [0.15, 0.2) is 0 Å². The molecule has 2 atom stereocenters. The van der Waals surface area contributed by atoms with Gasteiger partial charge in [-0.25, -0.2) is 0 Å².